The van der Waals surface area contributed by atoms with Crippen molar-refractivity contribution in [2.45, 2.75) is 16.4 Å². The van der Waals surface area contributed by atoms with E-state index in [4.69, 9.17) is 21.2 Å². The Labute approximate surface area is 184 Å². The van der Waals surface area contributed by atoms with Crippen molar-refractivity contribution in [1.29, 1.82) is 0 Å². The molecule has 0 spiro atoms. The monoisotopic (exact) mass is 441 g/mol. The molecule has 0 bridgehead atoms. The number of nitrogens with zero attached hydrogens (tertiary/aromatic N) is 2. The zero-order chi connectivity index (χ0) is 21.3. The van der Waals surface area contributed by atoms with Crippen molar-refractivity contribution in [3.8, 4) is 5.88 Å². The smallest absolute Gasteiger partial charge is 0.273 e. The van der Waals surface area contributed by atoms with E-state index in [1.54, 1.807) is 24.0 Å². The van der Waals surface area contributed by atoms with Crippen LogP contribution < -0.4 is 10.1 Å². The normalized spacial score (nSPS) is 11.1. The summed E-state index contributed by atoms with van der Waals surface area (Å²) in [7, 11) is 2.92. The molecule has 0 unspecified atom stereocenters. The predicted molar refractivity (Wildman–Crippen MR) is 118 cm³/mol. The van der Waals surface area contributed by atoms with E-state index < -0.39 is 0 Å². The summed E-state index contributed by atoms with van der Waals surface area (Å²) in [4.78, 5) is 23.3. The van der Waals surface area contributed by atoms with Gasteiger partial charge in [0, 0.05) is 28.6 Å². The number of ether oxygens (including phenoxy) is 1. The number of nitrogens with one attached hydrogen (secondary N) is 1. The molecule has 3 aromatic rings. The summed E-state index contributed by atoms with van der Waals surface area (Å²) >= 11 is 7.94. The highest BCUT2D eigenvalue weighted by Crippen LogP contribution is 2.32. The van der Waals surface area contributed by atoms with Crippen LogP contribution in [0, 0.1) is 0 Å². The van der Waals surface area contributed by atoms with Crippen LogP contribution in [-0.2, 0) is 16.2 Å². The highest BCUT2D eigenvalue weighted by molar-refractivity contribution is 7.99. The molecular weight excluding hydrogens is 422 g/mol. The zero-order valence-electron chi connectivity index (χ0n) is 16.5. The van der Waals surface area contributed by atoms with Crippen molar-refractivity contribution < 1.29 is 14.4 Å². The second-order valence-electron chi connectivity index (χ2n) is 6.02. The van der Waals surface area contributed by atoms with Gasteiger partial charge in [0.05, 0.1) is 0 Å². The first-order valence-electron chi connectivity index (χ1n) is 9.05. The summed E-state index contributed by atoms with van der Waals surface area (Å²) in [6, 6.07) is 19.1. The third kappa shape index (κ3) is 5.52. The molecule has 1 amide bonds. The fourth-order valence-corrected chi connectivity index (χ4v) is 3.77. The molecule has 1 aromatic heterocycles. The molecule has 2 aromatic carbocycles. The fraction of sp³-hybridized carbons (Fsp3) is 0.136. The zero-order valence-corrected chi connectivity index (χ0v) is 18.0. The predicted octanol–water partition coefficient (Wildman–Crippen LogP) is 4.56. The van der Waals surface area contributed by atoms with E-state index >= 15 is 0 Å². The van der Waals surface area contributed by atoms with Crippen LogP contribution in [0.15, 0.2) is 81.8 Å². The van der Waals surface area contributed by atoms with Gasteiger partial charge in [-0.1, -0.05) is 71.0 Å². The first-order chi connectivity index (χ1) is 14.6. The minimum Gasteiger partial charge on any atom is -0.472 e. The van der Waals surface area contributed by atoms with Gasteiger partial charge in [0.1, 0.15) is 18.7 Å². The van der Waals surface area contributed by atoms with Crippen molar-refractivity contribution >= 4 is 35.0 Å². The number of oxime groups is 1. The van der Waals surface area contributed by atoms with Crippen LogP contribution in [0.1, 0.15) is 11.1 Å². The molecule has 1 N–H and O–H groups in total. The maximum atomic E-state index is 12.2. The second kappa shape index (κ2) is 10.7. The Morgan fingerprint density at radius 1 is 1.13 bits per heavy atom. The van der Waals surface area contributed by atoms with Gasteiger partial charge < -0.3 is 14.9 Å². The summed E-state index contributed by atoms with van der Waals surface area (Å²) < 4.78 is 5.83. The highest BCUT2D eigenvalue weighted by Gasteiger charge is 2.18. The van der Waals surface area contributed by atoms with Gasteiger partial charge in [-0.05, 0) is 23.8 Å². The molecular formula is C22H20ClN3O3S. The molecule has 154 valence electrons. The number of likely N-dealkylation sites (N-methyl/N-ethyl adjacent to an activating group) is 1. The lowest BCUT2D eigenvalue weighted by Crippen LogP contribution is -2.29. The first kappa shape index (κ1) is 21.7. The van der Waals surface area contributed by atoms with Crippen LogP contribution >= 0.6 is 23.4 Å². The SMILES string of the molecule is CNC(=O)C(=NOC)c1ccccc1COc1ncc(Sc2ccccc2)cc1Cl. The maximum Gasteiger partial charge on any atom is 0.273 e. The van der Waals surface area contributed by atoms with Crippen LogP contribution in [0.2, 0.25) is 5.02 Å². The standard InChI is InChI=1S/C22H20ClN3O3S/c1-24-21(27)20(26-28-2)18-11-7-6-8-15(18)14-29-22-19(23)12-17(13-25-22)30-16-9-4-3-5-10-16/h3-13H,14H2,1-2H3,(H,24,27). The van der Waals surface area contributed by atoms with Gasteiger partial charge in [-0.2, -0.15) is 0 Å². The number of amides is 1. The highest BCUT2D eigenvalue weighted by atomic mass is 35.5. The van der Waals surface area contributed by atoms with E-state index in [9.17, 15) is 4.79 Å². The summed E-state index contributed by atoms with van der Waals surface area (Å²) in [6.07, 6.45) is 1.72. The molecule has 30 heavy (non-hydrogen) atoms. The van der Waals surface area contributed by atoms with E-state index in [1.165, 1.54) is 14.2 Å². The first-order valence-corrected chi connectivity index (χ1v) is 10.2. The fourth-order valence-electron chi connectivity index (χ4n) is 2.64. The second-order valence-corrected chi connectivity index (χ2v) is 7.57. The largest absolute Gasteiger partial charge is 0.472 e. The number of hydrogen-bond donors (Lipinski definition) is 1. The lowest BCUT2D eigenvalue weighted by molar-refractivity contribution is -0.114. The quantitative estimate of drug-likeness (QED) is 0.409. The van der Waals surface area contributed by atoms with E-state index in [1.807, 2.05) is 54.6 Å². The molecule has 0 radical (unpaired) electrons. The summed E-state index contributed by atoms with van der Waals surface area (Å²) in [5.74, 6) is -0.0446. The minimum atomic E-state index is -0.359. The number of halogens is 1. The Morgan fingerprint density at radius 3 is 2.57 bits per heavy atom. The van der Waals surface area contributed by atoms with Crippen LogP contribution in [0.25, 0.3) is 0 Å². The van der Waals surface area contributed by atoms with Crippen molar-refractivity contribution in [3.63, 3.8) is 0 Å². The molecule has 0 aliphatic heterocycles. The number of hydrogen-bond acceptors (Lipinski definition) is 6. The number of rotatable bonds is 8. The average Bonchev–Trinajstić information content (AvgIpc) is 2.77. The topological polar surface area (TPSA) is 72.8 Å². The number of benzene rings is 2. The van der Waals surface area contributed by atoms with E-state index in [2.05, 4.69) is 15.5 Å². The molecule has 0 atom stereocenters. The van der Waals surface area contributed by atoms with Crippen molar-refractivity contribution in [2.24, 2.45) is 5.16 Å². The Balaban J connectivity index is 1.76. The Kier molecular flexibility index (Phi) is 7.70. The van der Waals surface area contributed by atoms with Gasteiger partial charge in [-0.15, -0.1) is 0 Å². The van der Waals surface area contributed by atoms with Crippen LogP contribution in [0.5, 0.6) is 5.88 Å². The number of carbonyl (C=O) groups is 1. The van der Waals surface area contributed by atoms with Crippen LogP contribution in [0.4, 0.5) is 0 Å². The van der Waals surface area contributed by atoms with Gasteiger partial charge in [0.15, 0.2) is 5.71 Å². The Hall–Kier alpha value is -3.03. The third-order valence-electron chi connectivity index (χ3n) is 4.02. The van der Waals surface area contributed by atoms with Gasteiger partial charge in [0.25, 0.3) is 5.91 Å². The third-order valence-corrected chi connectivity index (χ3v) is 5.26. The van der Waals surface area contributed by atoms with Gasteiger partial charge in [-0.3, -0.25) is 4.79 Å². The molecule has 0 aliphatic rings. The van der Waals surface area contributed by atoms with E-state index in [0.717, 1.165) is 15.4 Å². The van der Waals surface area contributed by atoms with E-state index in [0.29, 0.717) is 16.5 Å². The molecule has 1 heterocycles. The molecule has 0 aliphatic carbocycles. The lowest BCUT2D eigenvalue weighted by atomic mass is 10.0. The number of pyridine rings is 1. The van der Waals surface area contributed by atoms with Crippen LogP contribution in [-0.4, -0.2) is 30.8 Å². The molecule has 3 rings (SSSR count). The van der Waals surface area contributed by atoms with Crippen LogP contribution in [0.3, 0.4) is 0 Å². The molecule has 0 saturated carbocycles. The van der Waals surface area contributed by atoms with Crippen molar-refractivity contribution in [3.05, 3.63) is 83.0 Å². The van der Waals surface area contributed by atoms with Gasteiger partial charge in [-0.25, -0.2) is 4.98 Å². The number of aromatic nitrogens is 1. The maximum absolute atomic E-state index is 12.2. The van der Waals surface area contributed by atoms with Gasteiger partial charge in [0.2, 0.25) is 5.88 Å². The summed E-state index contributed by atoms with van der Waals surface area (Å²) in [6.45, 7) is 0.161. The summed E-state index contributed by atoms with van der Waals surface area (Å²) in [5.41, 5.74) is 1.51. The minimum absolute atomic E-state index is 0.160. The Morgan fingerprint density at radius 2 is 1.87 bits per heavy atom. The van der Waals surface area contributed by atoms with Crippen molar-refractivity contribution in [1.82, 2.24) is 10.3 Å². The van der Waals surface area contributed by atoms with Gasteiger partial charge >= 0.3 is 0 Å². The van der Waals surface area contributed by atoms with Crippen molar-refractivity contribution in [2.75, 3.05) is 14.2 Å². The molecule has 0 fully saturated rings. The molecule has 6 nitrogen and oxygen atoms in total. The molecule has 8 heteroatoms. The lowest BCUT2D eigenvalue weighted by Gasteiger charge is -2.12. The average molecular weight is 442 g/mol. The number of carbonyl (C=O) groups excluding carboxylic acids is 1. The molecule has 0 saturated heterocycles. The van der Waals surface area contributed by atoms with E-state index in [-0.39, 0.29) is 18.2 Å². The Bertz CT molecular complexity index is 1040. The summed E-state index contributed by atoms with van der Waals surface area (Å²) in [5, 5.41) is 6.82.